The van der Waals surface area contributed by atoms with Crippen LogP contribution < -0.4 is 10.4 Å². The molecule has 0 N–H and O–H groups in total. The van der Waals surface area contributed by atoms with E-state index in [9.17, 15) is 0 Å². The number of nitrogens with zero attached hydrogens (tertiary/aromatic N) is 2. The lowest BCUT2D eigenvalue weighted by Gasteiger charge is -2.28. The van der Waals surface area contributed by atoms with Crippen LogP contribution in [0.5, 0.6) is 0 Å². The lowest BCUT2D eigenvalue weighted by atomic mass is 10.1. The molecular formula is C16H14N2O2Si. The molecular weight excluding hydrogens is 280 g/mol. The van der Waals surface area contributed by atoms with Crippen LogP contribution in [-0.4, -0.2) is 22.8 Å². The van der Waals surface area contributed by atoms with Gasteiger partial charge in [-0.15, -0.1) is 0 Å². The van der Waals surface area contributed by atoms with Gasteiger partial charge in [0.15, 0.2) is 0 Å². The number of rotatable bonds is 4. The van der Waals surface area contributed by atoms with E-state index in [-0.39, 0.29) is 0 Å². The zero-order valence-electron chi connectivity index (χ0n) is 11.8. The van der Waals surface area contributed by atoms with Gasteiger partial charge in [-0.3, -0.25) is 0 Å². The monoisotopic (exact) mass is 294 g/mol. The summed E-state index contributed by atoms with van der Waals surface area (Å²) in [5.74, 6) is 0. The van der Waals surface area contributed by atoms with Crippen LogP contribution in [0.2, 0.25) is 0 Å². The first-order chi connectivity index (χ1) is 10.2. The molecule has 21 heavy (non-hydrogen) atoms. The highest BCUT2D eigenvalue weighted by atomic mass is 28.4. The maximum atomic E-state index is 9.14. The highest BCUT2D eigenvalue weighted by Crippen LogP contribution is 2.11. The molecule has 0 unspecified atom stereocenters. The largest absolute Gasteiger partial charge is 0.406 e. The van der Waals surface area contributed by atoms with Crippen LogP contribution in [0.3, 0.4) is 0 Å². The van der Waals surface area contributed by atoms with Gasteiger partial charge >= 0.3 is 8.56 Å². The molecule has 5 heteroatoms. The molecule has 0 aliphatic rings. The van der Waals surface area contributed by atoms with Crippen molar-refractivity contribution in [1.29, 1.82) is 10.5 Å². The fourth-order valence-electron chi connectivity index (χ4n) is 2.33. The van der Waals surface area contributed by atoms with Crippen molar-refractivity contribution in [2.45, 2.75) is 0 Å². The second kappa shape index (κ2) is 6.34. The summed E-state index contributed by atoms with van der Waals surface area (Å²) in [4.78, 5) is 0. The molecule has 0 aliphatic heterocycles. The summed E-state index contributed by atoms with van der Waals surface area (Å²) < 4.78 is 11.5. The number of nitriles is 2. The van der Waals surface area contributed by atoms with Crippen LogP contribution in [0.4, 0.5) is 0 Å². The van der Waals surface area contributed by atoms with E-state index in [0.717, 1.165) is 10.4 Å². The lowest BCUT2D eigenvalue weighted by molar-refractivity contribution is 0.272. The topological polar surface area (TPSA) is 66.0 Å². The van der Waals surface area contributed by atoms with Crippen molar-refractivity contribution < 1.29 is 8.85 Å². The third-order valence-electron chi connectivity index (χ3n) is 3.30. The molecule has 0 bridgehead atoms. The Balaban J connectivity index is 2.70. The summed E-state index contributed by atoms with van der Waals surface area (Å²) in [5, 5.41) is 19.9. The van der Waals surface area contributed by atoms with Crippen LogP contribution >= 0.6 is 0 Å². The second-order valence-electron chi connectivity index (χ2n) is 4.41. The number of benzene rings is 2. The summed E-state index contributed by atoms with van der Waals surface area (Å²) in [5.41, 5.74) is 0.844. The van der Waals surface area contributed by atoms with Gasteiger partial charge in [0.1, 0.15) is 0 Å². The van der Waals surface area contributed by atoms with E-state index in [1.165, 1.54) is 0 Å². The van der Waals surface area contributed by atoms with E-state index in [1.54, 1.807) is 32.4 Å². The number of hydrogen-bond donors (Lipinski definition) is 0. The molecule has 2 aromatic carbocycles. The Morgan fingerprint density at radius 1 is 0.810 bits per heavy atom. The normalized spacial score (nSPS) is 10.7. The first-order valence-corrected chi connectivity index (χ1v) is 8.13. The minimum atomic E-state index is -2.89. The molecule has 2 aromatic rings. The van der Waals surface area contributed by atoms with E-state index < -0.39 is 8.56 Å². The van der Waals surface area contributed by atoms with Crippen molar-refractivity contribution in [2.24, 2.45) is 0 Å². The minimum Gasteiger partial charge on any atom is -0.391 e. The molecule has 0 aliphatic carbocycles. The third kappa shape index (κ3) is 2.72. The highest BCUT2D eigenvalue weighted by Gasteiger charge is 2.41. The SMILES string of the molecule is CO[Si](OC)(c1ccccc1)c1cc(C#N)cc(C#N)c1. The first-order valence-electron chi connectivity index (χ1n) is 6.31. The van der Waals surface area contributed by atoms with Crippen molar-refractivity contribution in [3.05, 3.63) is 59.7 Å². The quantitative estimate of drug-likeness (QED) is 0.797. The average Bonchev–Trinajstić information content (AvgIpc) is 2.57. The molecule has 2 rings (SSSR count). The van der Waals surface area contributed by atoms with Gasteiger partial charge in [-0.1, -0.05) is 30.3 Å². The molecule has 0 saturated carbocycles. The zero-order valence-corrected chi connectivity index (χ0v) is 12.8. The Hall–Kier alpha value is -2.44. The van der Waals surface area contributed by atoms with Crippen LogP contribution in [0.15, 0.2) is 48.5 Å². The second-order valence-corrected chi connectivity index (χ2v) is 7.62. The van der Waals surface area contributed by atoms with Crippen LogP contribution in [0.25, 0.3) is 0 Å². The lowest BCUT2D eigenvalue weighted by Crippen LogP contribution is -2.62. The first kappa shape index (κ1) is 15.0. The van der Waals surface area contributed by atoms with Crippen LogP contribution in [0.1, 0.15) is 11.1 Å². The maximum absolute atomic E-state index is 9.14. The summed E-state index contributed by atoms with van der Waals surface area (Å²) in [6, 6.07) is 18.8. The van der Waals surface area contributed by atoms with E-state index in [1.807, 2.05) is 30.3 Å². The predicted molar refractivity (Wildman–Crippen MR) is 81.4 cm³/mol. The van der Waals surface area contributed by atoms with Crippen molar-refractivity contribution >= 4 is 18.9 Å². The highest BCUT2D eigenvalue weighted by molar-refractivity contribution is 6.92. The van der Waals surface area contributed by atoms with Gasteiger partial charge in [0, 0.05) is 19.4 Å². The van der Waals surface area contributed by atoms with E-state index in [0.29, 0.717) is 11.1 Å². The molecule has 4 nitrogen and oxygen atoms in total. The Kier molecular flexibility index (Phi) is 4.51. The fraction of sp³-hybridized carbons (Fsp3) is 0.125. The number of hydrogen-bond acceptors (Lipinski definition) is 4. The van der Waals surface area contributed by atoms with Gasteiger partial charge in [0.2, 0.25) is 0 Å². The maximum Gasteiger partial charge on any atom is 0.406 e. The summed E-state index contributed by atoms with van der Waals surface area (Å²) in [6.45, 7) is 0. The summed E-state index contributed by atoms with van der Waals surface area (Å²) >= 11 is 0. The molecule has 104 valence electrons. The van der Waals surface area contributed by atoms with Crippen LogP contribution in [0, 0.1) is 22.7 Å². The Bertz CT molecular complexity index is 681. The van der Waals surface area contributed by atoms with Gasteiger partial charge in [-0.05, 0) is 23.4 Å². The fourth-order valence-corrected chi connectivity index (χ4v) is 5.09. The molecule has 0 aromatic heterocycles. The van der Waals surface area contributed by atoms with E-state index in [4.69, 9.17) is 19.4 Å². The Morgan fingerprint density at radius 2 is 1.33 bits per heavy atom. The molecule has 0 fully saturated rings. The van der Waals surface area contributed by atoms with E-state index >= 15 is 0 Å². The van der Waals surface area contributed by atoms with Crippen molar-refractivity contribution in [1.82, 2.24) is 0 Å². The summed E-state index contributed by atoms with van der Waals surface area (Å²) in [6.07, 6.45) is 0. The van der Waals surface area contributed by atoms with Gasteiger partial charge in [0.25, 0.3) is 0 Å². The van der Waals surface area contributed by atoms with Gasteiger partial charge in [-0.25, -0.2) is 0 Å². The molecule has 0 heterocycles. The standard InChI is InChI=1S/C16H14N2O2Si/c1-19-21(20-2,15-6-4-3-5-7-15)16-9-13(11-17)8-14(10-16)12-18/h3-10H,1-2H3. The molecule has 0 radical (unpaired) electrons. The molecule has 0 saturated heterocycles. The molecule has 0 amide bonds. The van der Waals surface area contributed by atoms with Crippen LogP contribution in [-0.2, 0) is 8.85 Å². The Morgan fingerprint density at radius 3 is 1.76 bits per heavy atom. The van der Waals surface area contributed by atoms with E-state index in [2.05, 4.69) is 12.1 Å². The Labute approximate surface area is 125 Å². The van der Waals surface area contributed by atoms with Gasteiger partial charge < -0.3 is 8.85 Å². The molecule has 0 spiro atoms. The van der Waals surface area contributed by atoms with Crippen molar-refractivity contribution in [3.63, 3.8) is 0 Å². The average molecular weight is 294 g/mol. The molecule has 0 atom stereocenters. The smallest absolute Gasteiger partial charge is 0.391 e. The van der Waals surface area contributed by atoms with Gasteiger partial charge in [0.05, 0.1) is 23.3 Å². The predicted octanol–water partition coefficient (Wildman–Crippen LogP) is 1.28. The zero-order chi connectivity index (χ0) is 15.3. The summed E-state index contributed by atoms with van der Waals surface area (Å²) in [7, 11) is 0.289. The van der Waals surface area contributed by atoms with Crippen molar-refractivity contribution in [3.8, 4) is 12.1 Å². The van der Waals surface area contributed by atoms with Gasteiger partial charge in [-0.2, -0.15) is 10.5 Å². The minimum absolute atomic E-state index is 0.422. The van der Waals surface area contributed by atoms with Crippen molar-refractivity contribution in [2.75, 3.05) is 14.2 Å². The third-order valence-corrected chi connectivity index (χ3v) is 6.59.